The van der Waals surface area contributed by atoms with Crippen LogP contribution >= 0.6 is 0 Å². The van der Waals surface area contributed by atoms with Crippen molar-refractivity contribution in [2.45, 2.75) is 47.6 Å². The van der Waals surface area contributed by atoms with Gasteiger partial charge in [-0.05, 0) is 59.9 Å². The van der Waals surface area contributed by atoms with Gasteiger partial charge in [-0.3, -0.25) is 0 Å². The highest BCUT2D eigenvalue weighted by atomic mass is 16.5. The minimum Gasteiger partial charge on any atom is -0.449 e. The molecule has 0 N–H and O–H groups in total. The molecule has 2 heterocycles. The van der Waals surface area contributed by atoms with E-state index < -0.39 is 0 Å². The van der Waals surface area contributed by atoms with Crippen LogP contribution in [0.25, 0.3) is 37.8 Å². The molecule has 0 fully saturated rings. The third-order valence-corrected chi connectivity index (χ3v) is 6.62. The lowest BCUT2D eigenvalue weighted by molar-refractivity contribution is -0.633. The molecule has 160 valence electrons. The van der Waals surface area contributed by atoms with Gasteiger partial charge in [-0.1, -0.05) is 45.0 Å². The first-order valence-corrected chi connectivity index (χ1v) is 11.2. The number of para-hydroxylation sites is 1. The quantitative estimate of drug-likeness (QED) is 0.217. The molecule has 0 unspecified atom stereocenters. The Bertz CT molecular complexity index is 1470. The highest BCUT2D eigenvalue weighted by Gasteiger charge is 2.35. The molecule has 3 nitrogen and oxygen atoms in total. The summed E-state index contributed by atoms with van der Waals surface area (Å²) >= 11 is 0. The number of ether oxygens (including phenoxy) is 1. The molecule has 0 saturated carbocycles. The third-order valence-electron chi connectivity index (χ3n) is 6.62. The maximum Gasteiger partial charge on any atom is 0.257 e. The molecule has 32 heavy (non-hydrogen) atoms. The zero-order chi connectivity index (χ0) is 22.8. The fourth-order valence-electron chi connectivity index (χ4n) is 5.19. The molecule has 1 aliphatic rings. The predicted molar refractivity (Wildman–Crippen MR) is 131 cm³/mol. The molecule has 0 radical (unpaired) electrons. The minimum absolute atomic E-state index is 0.188. The molecule has 0 atom stereocenters. The summed E-state index contributed by atoms with van der Waals surface area (Å²) < 4.78 is 8.95. The topological polar surface area (TPSA) is 17.5 Å². The standard InChI is InChI=1S/C29H29N2O/c1-17-12-20-13-19(15-29(3,4)5)14-24-26(20)25(18(17)2)27-28(32-24)22(16-30-6)21-10-8-9-11-23(21)31(27)7/h8-14H,15-16H2,1-5,7H3/q+1. The van der Waals surface area contributed by atoms with Gasteiger partial charge in [0, 0.05) is 11.5 Å². The Labute approximate surface area is 190 Å². The number of aryl methyl sites for hydroxylation is 2. The van der Waals surface area contributed by atoms with E-state index >= 15 is 0 Å². The van der Waals surface area contributed by atoms with Gasteiger partial charge in [0.2, 0.25) is 17.8 Å². The second-order valence-electron chi connectivity index (χ2n) is 10.3. The van der Waals surface area contributed by atoms with E-state index in [1.807, 2.05) is 6.07 Å². The molecule has 0 bridgehead atoms. The van der Waals surface area contributed by atoms with E-state index in [2.05, 4.69) is 87.5 Å². The van der Waals surface area contributed by atoms with E-state index in [-0.39, 0.29) is 5.41 Å². The molecule has 3 aromatic carbocycles. The van der Waals surface area contributed by atoms with Crippen molar-refractivity contribution < 1.29 is 9.30 Å². The van der Waals surface area contributed by atoms with Gasteiger partial charge in [0.25, 0.3) is 5.69 Å². The van der Waals surface area contributed by atoms with Gasteiger partial charge in [0.05, 0.1) is 16.5 Å². The van der Waals surface area contributed by atoms with Crippen LogP contribution < -0.4 is 9.30 Å². The van der Waals surface area contributed by atoms with Gasteiger partial charge in [-0.2, -0.15) is 4.57 Å². The predicted octanol–water partition coefficient (Wildman–Crippen LogP) is 7.21. The number of hydrogen-bond acceptors (Lipinski definition) is 1. The number of pyridine rings is 1. The normalized spacial score (nSPS) is 12.5. The van der Waals surface area contributed by atoms with E-state index in [1.165, 1.54) is 33.0 Å². The third kappa shape index (κ3) is 3.06. The van der Waals surface area contributed by atoms with Crippen LogP contribution in [0.2, 0.25) is 0 Å². The molecule has 1 aliphatic heterocycles. The molecule has 1 aromatic heterocycles. The fourth-order valence-corrected chi connectivity index (χ4v) is 5.19. The Morgan fingerprint density at radius 2 is 1.81 bits per heavy atom. The van der Waals surface area contributed by atoms with Crippen molar-refractivity contribution in [1.29, 1.82) is 0 Å². The summed E-state index contributed by atoms with van der Waals surface area (Å²) in [7, 11) is 2.11. The van der Waals surface area contributed by atoms with Gasteiger partial charge >= 0.3 is 0 Å². The van der Waals surface area contributed by atoms with Crippen LogP contribution in [0, 0.1) is 25.8 Å². The van der Waals surface area contributed by atoms with E-state index in [0.29, 0.717) is 6.54 Å². The van der Waals surface area contributed by atoms with Crippen molar-refractivity contribution in [3.63, 3.8) is 0 Å². The number of hydrogen-bond donors (Lipinski definition) is 0. The maximum absolute atomic E-state index is 7.62. The summed E-state index contributed by atoms with van der Waals surface area (Å²) in [5.41, 5.74) is 8.43. The summed E-state index contributed by atoms with van der Waals surface area (Å²) in [5.74, 6) is 1.74. The molecule has 0 saturated heterocycles. The Balaban J connectivity index is 1.94. The number of nitrogens with zero attached hydrogens (tertiary/aromatic N) is 2. The first-order chi connectivity index (χ1) is 15.2. The van der Waals surface area contributed by atoms with E-state index in [4.69, 9.17) is 11.3 Å². The van der Waals surface area contributed by atoms with Crippen molar-refractivity contribution in [3.05, 3.63) is 76.1 Å². The molecule has 5 rings (SSSR count). The molecule has 0 amide bonds. The summed E-state index contributed by atoms with van der Waals surface area (Å²) in [6, 6.07) is 15.2. The number of rotatable bonds is 2. The number of benzene rings is 3. The second kappa shape index (κ2) is 7.07. The van der Waals surface area contributed by atoms with Crippen molar-refractivity contribution in [2.75, 3.05) is 0 Å². The van der Waals surface area contributed by atoms with Gasteiger partial charge in [0.15, 0.2) is 0 Å². The van der Waals surface area contributed by atoms with Gasteiger partial charge in [-0.15, -0.1) is 0 Å². The van der Waals surface area contributed by atoms with Crippen LogP contribution in [0.5, 0.6) is 11.5 Å². The number of aromatic nitrogens is 1. The van der Waals surface area contributed by atoms with E-state index in [0.717, 1.165) is 40.1 Å². The molecule has 3 heteroatoms. The van der Waals surface area contributed by atoms with Crippen LogP contribution in [-0.2, 0) is 20.0 Å². The van der Waals surface area contributed by atoms with Crippen molar-refractivity contribution >= 4 is 21.7 Å². The van der Waals surface area contributed by atoms with Crippen LogP contribution in [0.3, 0.4) is 0 Å². The first kappa shape index (κ1) is 20.5. The second-order valence-corrected chi connectivity index (χ2v) is 10.3. The minimum atomic E-state index is 0.188. The van der Waals surface area contributed by atoms with Crippen molar-refractivity contribution in [3.8, 4) is 22.8 Å². The lowest BCUT2D eigenvalue weighted by Gasteiger charge is -2.25. The molecule has 0 spiro atoms. The monoisotopic (exact) mass is 421 g/mol. The van der Waals surface area contributed by atoms with E-state index in [9.17, 15) is 0 Å². The smallest absolute Gasteiger partial charge is 0.257 e. The van der Waals surface area contributed by atoms with Crippen LogP contribution in [0.4, 0.5) is 0 Å². The van der Waals surface area contributed by atoms with Gasteiger partial charge in [-0.25, -0.2) is 6.57 Å². The highest BCUT2D eigenvalue weighted by Crippen LogP contribution is 2.50. The van der Waals surface area contributed by atoms with E-state index in [1.54, 1.807) is 0 Å². The van der Waals surface area contributed by atoms with Gasteiger partial charge < -0.3 is 9.58 Å². The Kier molecular flexibility index (Phi) is 4.53. The van der Waals surface area contributed by atoms with Crippen LogP contribution in [-0.4, -0.2) is 0 Å². The SMILES string of the molecule is [C-]#[N+]Cc1c2c([n+](C)c3ccccc13)-c1c(C)c(C)cc3cc(CC(C)(C)C)cc(c13)O2. The summed E-state index contributed by atoms with van der Waals surface area (Å²) in [5, 5.41) is 3.49. The summed E-state index contributed by atoms with van der Waals surface area (Å²) in [4.78, 5) is 3.77. The Morgan fingerprint density at radius 1 is 1.06 bits per heavy atom. The molecular weight excluding hydrogens is 392 g/mol. The summed E-state index contributed by atoms with van der Waals surface area (Å²) in [6.07, 6.45) is 0.981. The van der Waals surface area contributed by atoms with Crippen LogP contribution in [0.1, 0.15) is 43.0 Å². The Hall–Kier alpha value is -3.38. The molecule has 0 aliphatic carbocycles. The average molecular weight is 422 g/mol. The lowest BCUT2D eigenvalue weighted by Crippen LogP contribution is -2.34. The highest BCUT2D eigenvalue weighted by molar-refractivity contribution is 6.06. The lowest BCUT2D eigenvalue weighted by atomic mass is 9.84. The number of fused-ring (bicyclic) bond motifs is 3. The first-order valence-electron chi connectivity index (χ1n) is 11.2. The summed E-state index contributed by atoms with van der Waals surface area (Å²) in [6.45, 7) is 19.1. The molecular formula is C29H29N2O+. The average Bonchev–Trinajstić information content (AvgIpc) is 2.72. The Morgan fingerprint density at radius 3 is 2.53 bits per heavy atom. The fraction of sp³-hybridized carbons (Fsp3) is 0.310. The zero-order valence-electron chi connectivity index (χ0n) is 19.8. The van der Waals surface area contributed by atoms with Crippen molar-refractivity contribution in [2.24, 2.45) is 12.5 Å². The largest absolute Gasteiger partial charge is 0.449 e. The van der Waals surface area contributed by atoms with Gasteiger partial charge in [0.1, 0.15) is 12.8 Å². The van der Waals surface area contributed by atoms with Crippen LogP contribution in [0.15, 0.2) is 42.5 Å². The molecule has 4 aromatic rings. The van der Waals surface area contributed by atoms with Crippen molar-refractivity contribution in [1.82, 2.24) is 0 Å². The zero-order valence-corrected chi connectivity index (χ0v) is 19.8. The maximum atomic E-state index is 7.62.